The largest absolute Gasteiger partial charge is 0.492 e. The number of aliphatic hydroxyl groups is 2. The van der Waals surface area contributed by atoms with Crippen LogP contribution in [0.2, 0.25) is 5.02 Å². The number of phosphoric acid groups is 3. The molecule has 1 fully saturated rings. The Morgan fingerprint density at radius 1 is 1.06 bits per heavy atom. The number of aromatic nitrogens is 4. The van der Waals surface area contributed by atoms with Crippen molar-refractivity contribution in [3.63, 3.8) is 0 Å². The molecule has 3 heterocycles. The van der Waals surface area contributed by atoms with Crippen molar-refractivity contribution in [2.45, 2.75) is 70.7 Å². The van der Waals surface area contributed by atoms with Crippen molar-refractivity contribution >= 4 is 80.7 Å². The average molecular weight is 978 g/mol. The molecule has 0 aliphatic carbocycles. The van der Waals surface area contributed by atoms with E-state index in [0.29, 0.717) is 22.9 Å². The summed E-state index contributed by atoms with van der Waals surface area (Å²) in [6, 6.07) is 5.10. The minimum Gasteiger partial charge on any atom is -0.492 e. The van der Waals surface area contributed by atoms with E-state index in [1.54, 1.807) is 18.2 Å². The Morgan fingerprint density at radius 3 is 2.45 bits per heavy atom. The standard InChI is InChI=1S/C32H47ClN7O18P3S/c1-4-10-53-20-6-5-18(12-19(20)33)13-23(42)62-11-9-35-22(41)7-8-36-30(45)27(44)32(2,3)15-55-61(51,52)58-60(49,50)54-14-21-26(57-59(46,47)48)25(43)31(56-21)40-17-39-24-28(34)37-16-38-29(24)40/h5-6,12,16-17,21,25-27,31,43-44H,4,7-11,13-15H2,1-3H3,(H,35,41)(H,36,45)(H,49,50)(H,51,52)(H2,34,37,38)(H2,46,47,48). The van der Waals surface area contributed by atoms with Gasteiger partial charge in [-0.05, 0) is 24.1 Å². The first-order valence-corrected chi connectivity index (χ1v) is 24.3. The summed E-state index contributed by atoms with van der Waals surface area (Å²) in [5.74, 6) is -0.700. The van der Waals surface area contributed by atoms with Crippen LogP contribution in [0.5, 0.6) is 5.75 Å². The van der Waals surface area contributed by atoms with Gasteiger partial charge in [-0.3, -0.25) is 32.5 Å². The van der Waals surface area contributed by atoms with E-state index < -0.39 is 84.6 Å². The monoisotopic (exact) mass is 977 g/mol. The molecule has 1 saturated heterocycles. The lowest BCUT2D eigenvalue weighted by Gasteiger charge is -2.30. The van der Waals surface area contributed by atoms with Gasteiger partial charge in [-0.15, -0.1) is 0 Å². The molecule has 0 saturated carbocycles. The molecule has 7 atom stereocenters. The molecule has 10 N–H and O–H groups in total. The third-order valence-corrected chi connectivity index (χ3v) is 12.8. The van der Waals surface area contributed by atoms with Gasteiger partial charge in [0.2, 0.25) is 11.8 Å². The summed E-state index contributed by atoms with van der Waals surface area (Å²) in [5.41, 5.74) is 4.94. The van der Waals surface area contributed by atoms with Gasteiger partial charge in [0.25, 0.3) is 0 Å². The van der Waals surface area contributed by atoms with Gasteiger partial charge < -0.3 is 55.6 Å². The number of nitrogens with zero attached hydrogens (tertiary/aromatic N) is 4. The number of imidazole rings is 1. The zero-order valence-corrected chi connectivity index (χ0v) is 37.5. The zero-order chi connectivity index (χ0) is 46.0. The van der Waals surface area contributed by atoms with E-state index in [4.69, 9.17) is 35.9 Å². The molecule has 25 nitrogen and oxygen atoms in total. The topological polar surface area (TPSA) is 373 Å². The van der Waals surface area contributed by atoms with Crippen LogP contribution in [0.1, 0.15) is 45.4 Å². The van der Waals surface area contributed by atoms with Crippen molar-refractivity contribution in [3.05, 3.63) is 41.4 Å². The molecule has 0 spiro atoms. The Balaban J connectivity index is 1.19. The van der Waals surface area contributed by atoms with Gasteiger partial charge in [-0.1, -0.05) is 50.2 Å². The van der Waals surface area contributed by atoms with Gasteiger partial charge in [0.05, 0.1) is 31.2 Å². The van der Waals surface area contributed by atoms with Gasteiger partial charge in [0.1, 0.15) is 42.0 Å². The average Bonchev–Trinajstić information content (AvgIpc) is 3.74. The number of carbonyl (C=O) groups excluding carboxylic acids is 3. The van der Waals surface area contributed by atoms with Crippen LogP contribution in [-0.4, -0.2) is 129 Å². The number of nitrogens with one attached hydrogen (secondary N) is 2. The van der Waals surface area contributed by atoms with Gasteiger partial charge in [-0.25, -0.2) is 28.6 Å². The summed E-state index contributed by atoms with van der Waals surface area (Å²) in [4.78, 5) is 88.3. The summed E-state index contributed by atoms with van der Waals surface area (Å²) in [6.45, 7) is 2.85. The molecule has 62 heavy (non-hydrogen) atoms. The van der Waals surface area contributed by atoms with E-state index in [9.17, 15) is 57.9 Å². The number of nitrogen functional groups attached to an aromatic ring is 1. The number of hydrogen-bond acceptors (Lipinski definition) is 19. The fourth-order valence-electron chi connectivity index (χ4n) is 5.50. The lowest BCUT2D eigenvalue weighted by molar-refractivity contribution is -0.137. The van der Waals surface area contributed by atoms with Gasteiger partial charge in [0.15, 0.2) is 22.8 Å². The first-order valence-electron chi connectivity index (χ1n) is 18.4. The second kappa shape index (κ2) is 22.2. The molecular formula is C32H47ClN7O18P3S. The van der Waals surface area contributed by atoms with E-state index in [-0.39, 0.29) is 53.8 Å². The maximum Gasteiger partial charge on any atom is 0.481 e. The molecule has 1 aromatic carbocycles. The molecule has 7 unspecified atom stereocenters. The van der Waals surface area contributed by atoms with Crippen LogP contribution in [-0.2, 0) is 57.1 Å². The number of phosphoric ester groups is 3. The quantitative estimate of drug-likeness (QED) is 0.0452. The third kappa shape index (κ3) is 15.3. The first-order chi connectivity index (χ1) is 28.9. The molecule has 1 aliphatic heterocycles. The maximum absolute atomic E-state index is 12.7. The van der Waals surface area contributed by atoms with Crippen LogP contribution < -0.4 is 21.1 Å². The van der Waals surface area contributed by atoms with Crippen LogP contribution in [0.15, 0.2) is 30.9 Å². The summed E-state index contributed by atoms with van der Waals surface area (Å²) in [5, 5.41) is 26.7. The number of anilines is 1. The highest BCUT2D eigenvalue weighted by atomic mass is 35.5. The number of thioether (sulfide) groups is 1. The lowest BCUT2D eigenvalue weighted by atomic mass is 9.87. The minimum absolute atomic E-state index is 0.0255. The third-order valence-electron chi connectivity index (χ3n) is 8.57. The van der Waals surface area contributed by atoms with Gasteiger partial charge >= 0.3 is 23.5 Å². The Kier molecular flexibility index (Phi) is 18.4. The van der Waals surface area contributed by atoms with Crippen LogP contribution in [0.4, 0.5) is 5.82 Å². The molecule has 0 radical (unpaired) electrons. The van der Waals surface area contributed by atoms with Crippen molar-refractivity contribution < 1.29 is 85.2 Å². The van der Waals surface area contributed by atoms with Crippen molar-refractivity contribution in [1.82, 2.24) is 30.2 Å². The number of amides is 2. The number of ether oxygens (including phenoxy) is 2. The van der Waals surface area contributed by atoms with Crippen LogP contribution in [0, 0.1) is 5.41 Å². The predicted molar refractivity (Wildman–Crippen MR) is 218 cm³/mol. The molecule has 2 amide bonds. The highest BCUT2D eigenvalue weighted by Crippen LogP contribution is 2.61. The molecule has 2 aromatic heterocycles. The summed E-state index contributed by atoms with van der Waals surface area (Å²) >= 11 is 7.23. The number of aliphatic hydroxyl groups excluding tert-OH is 2. The summed E-state index contributed by atoms with van der Waals surface area (Å²) in [7, 11) is -16.4. The molecule has 30 heteroatoms. The highest BCUT2D eigenvalue weighted by molar-refractivity contribution is 8.13. The highest BCUT2D eigenvalue weighted by Gasteiger charge is 2.50. The Labute approximate surface area is 362 Å². The summed E-state index contributed by atoms with van der Waals surface area (Å²) in [6.07, 6.45) is -6.07. The number of halogens is 1. The second-order valence-corrected chi connectivity index (χ2v) is 19.9. The van der Waals surface area contributed by atoms with E-state index in [1.807, 2.05) is 6.92 Å². The normalized spacial score (nSPS) is 20.6. The predicted octanol–water partition coefficient (Wildman–Crippen LogP) is 1.35. The molecule has 3 aromatic rings. The number of rotatable bonds is 24. The van der Waals surface area contributed by atoms with Crippen LogP contribution in [0.25, 0.3) is 11.2 Å². The van der Waals surface area contributed by atoms with E-state index >= 15 is 0 Å². The van der Waals surface area contributed by atoms with Crippen molar-refractivity contribution in [2.75, 3.05) is 44.4 Å². The fraction of sp³-hybridized carbons (Fsp3) is 0.562. The van der Waals surface area contributed by atoms with Gasteiger partial charge in [0, 0.05) is 37.1 Å². The SMILES string of the molecule is CCCOc1ccc(CC(=O)SCCNC(=O)CCNC(=O)C(O)C(C)(C)COP(=O)(O)OP(=O)(O)OCC2OC(n3cnc4c(N)ncnc43)C(O)C2OP(=O)(O)O)cc1Cl. The Hall–Kier alpha value is -3.13. The number of carbonyl (C=O) groups is 3. The molecule has 4 rings (SSSR count). The van der Waals surface area contributed by atoms with Crippen LogP contribution >= 0.6 is 46.8 Å². The zero-order valence-electron chi connectivity index (χ0n) is 33.2. The van der Waals surface area contributed by atoms with Crippen molar-refractivity contribution in [2.24, 2.45) is 5.41 Å². The molecule has 0 bridgehead atoms. The minimum atomic E-state index is -5.59. The second-order valence-electron chi connectivity index (χ2n) is 14.1. The van der Waals surface area contributed by atoms with E-state index in [0.717, 1.165) is 35.4 Å². The van der Waals surface area contributed by atoms with E-state index in [1.165, 1.54) is 13.8 Å². The number of hydrogen-bond donors (Lipinski definition) is 9. The molecule has 1 aliphatic rings. The van der Waals surface area contributed by atoms with Gasteiger partial charge in [-0.2, -0.15) is 4.31 Å². The first kappa shape index (κ1) is 51.5. The smallest absolute Gasteiger partial charge is 0.481 e. The number of nitrogens with two attached hydrogens (primary N) is 1. The Morgan fingerprint density at radius 2 is 1.77 bits per heavy atom. The lowest BCUT2D eigenvalue weighted by Crippen LogP contribution is -2.46. The maximum atomic E-state index is 12.7. The van der Waals surface area contributed by atoms with Crippen molar-refractivity contribution in [3.8, 4) is 5.75 Å². The molecule has 346 valence electrons. The van der Waals surface area contributed by atoms with Crippen molar-refractivity contribution in [1.29, 1.82) is 0 Å². The summed E-state index contributed by atoms with van der Waals surface area (Å²) < 4.78 is 67.8. The van der Waals surface area contributed by atoms with Crippen LogP contribution in [0.3, 0.4) is 0 Å². The number of fused-ring (bicyclic) bond motifs is 1. The van der Waals surface area contributed by atoms with E-state index in [2.05, 4.69) is 34.4 Å². The number of benzene rings is 1. The fourth-order valence-corrected chi connectivity index (χ4v) is 9.28. The Bertz CT molecular complexity index is 2200. The molecular weight excluding hydrogens is 931 g/mol.